The van der Waals surface area contributed by atoms with Crippen LogP contribution in [0.5, 0.6) is 0 Å². The number of carbonyl (C=O) groups excluding carboxylic acids is 1. The second-order valence-electron chi connectivity index (χ2n) is 14.0. The van der Waals surface area contributed by atoms with Crippen molar-refractivity contribution < 1.29 is 27.1 Å². The Kier molecular flexibility index (Phi) is 12.7. The maximum absolute atomic E-state index is 14.1. The van der Waals surface area contributed by atoms with Crippen LogP contribution in [0, 0.1) is 16.0 Å². The number of carbonyl (C=O) groups is 1. The highest BCUT2D eigenvalue weighted by atomic mass is 35.5. The minimum Gasteiger partial charge on any atom is -0.381 e. The van der Waals surface area contributed by atoms with E-state index in [2.05, 4.69) is 32.0 Å². The molecule has 7 rings (SSSR count). The maximum Gasteiger partial charge on any atom is 0.293 e. The van der Waals surface area contributed by atoms with Gasteiger partial charge in [0.05, 0.1) is 31.1 Å². The number of piperazine rings is 1. The van der Waals surface area contributed by atoms with E-state index < -0.39 is 42.2 Å². The Bertz CT molecular complexity index is 2370. The number of benzene rings is 5. The number of ether oxygens (including phenoxy) is 1. The molecule has 0 spiro atoms. The Morgan fingerprint density at radius 2 is 1.58 bits per heavy atom. The fraction of sp³-hybridized carbons (Fsp3) is 0.262. The number of anilines is 2. The first-order chi connectivity index (χ1) is 27.6. The van der Waals surface area contributed by atoms with E-state index in [0.717, 1.165) is 55.4 Å². The van der Waals surface area contributed by atoms with E-state index in [-0.39, 0.29) is 22.1 Å². The molecule has 0 bridgehead atoms. The van der Waals surface area contributed by atoms with Crippen LogP contribution in [-0.2, 0) is 32.1 Å². The summed E-state index contributed by atoms with van der Waals surface area (Å²) in [6.07, 6.45) is 1.63. The molecule has 1 amide bonds. The first-order valence-electron chi connectivity index (χ1n) is 18.6. The lowest BCUT2D eigenvalue weighted by molar-refractivity contribution is -0.384. The number of nitro groups is 1. The van der Waals surface area contributed by atoms with Crippen molar-refractivity contribution in [3.8, 4) is 11.1 Å². The first kappa shape index (κ1) is 40.1. The molecule has 2 saturated heterocycles. The number of nitro benzene ring substituents is 1. The molecule has 5 aromatic carbocycles. The lowest BCUT2D eigenvalue weighted by Crippen LogP contribution is -2.46. The van der Waals surface area contributed by atoms with Gasteiger partial charge in [-0.05, 0) is 90.0 Å². The molecule has 2 heterocycles. The fourth-order valence-corrected chi connectivity index (χ4v) is 9.47. The predicted molar refractivity (Wildman–Crippen MR) is 222 cm³/mol. The highest BCUT2D eigenvalue weighted by Gasteiger charge is 2.28. The topological polar surface area (TPSA) is 151 Å². The van der Waals surface area contributed by atoms with Crippen molar-refractivity contribution in [1.29, 1.82) is 0 Å². The number of rotatable bonds is 13. The molecule has 12 nitrogen and oxygen atoms in total. The molecule has 2 fully saturated rings. The van der Waals surface area contributed by atoms with Crippen LogP contribution >= 0.6 is 11.6 Å². The van der Waals surface area contributed by atoms with Crippen molar-refractivity contribution in [3.05, 3.63) is 142 Å². The number of amides is 1. The molecule has 5 aromatic rings. The minimum atomic E-state index is -4.58. The van der Waals surface area contributed by atoms with Crippen LogP contribution in [0.3, 0.4) is 0 Å². The zero-order chi connectivity index (χ0) is 39.9. The maximum atomic E-state index is 14.1. The summed E-state index contributed by atoms with van der Waals surface area (Å²) in [7, 11) is -6.42. The van der Waals surface area contributed by atoms with Gasteiger partial charge in [0.1, 0.15) is 5.69 Å². The second-order valence-corrected chi connectivity index (χ2v) is 17.6. The van der Waals surface area contributed by atoms with E-state index in [9.17, 15) is 27.5 Å². The van der Waals surface area contributed by atoms with Crippen LogP contribution in [0.4, 0.5) is 17.1 Å². The number of hydrogen-bond acceptors (Lipinski definition) is 10. The highest BCUT2D eigenvalue weighted by Crippen LogP contribution is 2.31. The molecule has 1 unspecified atom stereocenters. The summed E-state index contributed by atoms with van der Waals surface area (Å²) in [5, 5.41) is 15.8. The molecule has 296 valence electrons. The van der Waals surface area contributed by atoms with Crippen molar-refractivity contribution in [2.75, 3.05) is 56.2 Å². The standard InChI is InChI=1S/C42H42ClN5O7S2/c43-33-12-10-31(11-13-33)37-9-5-4-6-32(37)29-46-20-22-47(23-21-46)34-14-16-38(41(26-34)56(52)35-7-2-1-3-8-35)42(49)45-57(53,54)36-15-17-39(40(27-36)48(50)51)44-28-30-18-24-55-25-19-30/h1-17,26-27,30,44H,18-25,28-29H2,(H,45,49). The van der Waals surface area contributed by atoms with Gasteiger partial charge in [-0.3, -0.25) is 19.8 Å². The summed E-state index contributed by atoms with van der Waals surface area (Å²) in [5.41, 5.74) is 3.84. The summed E-state index contributed by atoms with van der Waals surface area (Å²) in [4.78, 5) is 29.8. The SMILES string of the molecule is O=C(NS(=O)(=O)c1ccc(NCC2CCOCC2)c([N+](=O)[O-])c1)c1ccc(N2CCN(Cc3ccccc3-c3ccc(Cl)cc3)CC2)cc1S(=O)c1ccccc1. The summed E-state index contributed by atoms with van der Waals surface area (Å²) >= 11 is 6.14. The summed E-state index contributed by atoms with van der Waals surface area (Å²) in [5.74, 6) is -0.739. The Hall–Kier alpha value is -5.12. The molecular weight excluding hydrogens is 786 g/mol. The largest absolute Gasteiger partial charge is 0.381 e. The van der Waals surface area contributed by atoms with Crippen LogP contribution in [0.2, 0.25) is 5.02 Å². The quantitative estimate of drug-likeness (QED) is 0.0911. The monoisotopic (exact) mass is 827 g/mol. The average Bonchev–Trinajstić information content (AvgIpc) is 3.23. The second kappa shape index (κ2) is 18.0. The van der Waals surface area contributed by atoms with Gasteiger partial charge in [0, 0.05) is 74.2 Å². The van der Waals surface area contributed by atoms with E-state index in [1.54, 1.807) is 42.5 Å². The van der Waals surface area contributed by atoms with Crippen LogP contribution in [0.1, 0.15) is 28.8 Å². The molecular formula is C42H42ClN5O7S2. The number of nitrogens with zero attached hydrogens (tertiary/aromatic N) is 3. The van der Waals surface area contributed by atoms with Gasteiger partial charge in [0.15, 0.2) is 0 Å². The summed E-state index contributed by atoms with van der Waals surface area (Å²) in [6.45, 7) is 5.30. The van der Waals surface area contributed by atoms with Crippen LogP contribution in [0.25, 0.3) is 11.1 Å². The molecule has 0 aliphatic carbocycles. The van der Waals surface area contributed by atoms with Gasteiger partial charge >= 0.3 is 0 Å². The van der Waals surface area contributed by atoms with Crippen molar-refractivity contribution in [3.63, 3.8) is 0 Å². The number of halogens is 1. The highest BCUT2D eigenvalue weighted by molar-refractivity contribution is 7.90. The predicted octanol–water partition coefficient (Wildman–Crippen LogP) is 7.36. The summed E-state index contributed by atoms with van der Waals surface area (Å²) < 4.78 is 48.6. The Morgan fingerprint density at radius 3 is 2.30 bits per heavy atom. The van der Waals surface area contributed by atoms with Gasteiger partial charge in [-0.15, -0.1) is 0 Å². The third-order valence-corrected chi connectivity index (χ3v) is 13.3. The van der Waals surface area contributed by atoms with Gasteiger partial charge in [-0.1, -0.05) is 66.2 Å². The Morgan fingerprint density at radius 1 is 0.877 bits per heavy atom. The van der Waals surface area contributed by atoms with Crippen molar-refractivity contribution >= 4 is 55.4 Å². The van der Waals surface area contributed by atoms with E-state index in [1.807, 2.05) is 36.4 Å². The van der Waals surface area contributed by atoms with Gasteiger partial charge in [-0.2, -0.15) is 0 Å². The van der Waals surface area contributed by atoms with E-state index in [1.165, 1.54) is 23.8 Å². The number of sulfonamides is 1. The Labute approximate surface area is 339 Å². The average molecular weight is 828 g/mol. The number of hydrogen-bond donors (Lipinski definition) is 2. The minimum absolute atomic E-state index is 0.0915. The lowest BCUT2D eigenvalue weighted by atomic mass is 9.99. The normalized spacial score (nSPS) is 15.8. The van der Waals surface area contributed by atoms with Gasteiger partial charge in [0.25, 0.3) is 21.6 Å². The van der Waals surface area contributed by atoms with Crippen molar-refractivity contribution in [2.45, 2.75) is 34.1 Å². The zero-order valence-electron chi connectivity index (χ0n) is 31.0. The molecule has 0 aromatic heterocycles. The van der Waals surface area contributed by atoms with E-state index in [4.69, 9.17) is 16.3 Å². The van der Waals surface area contributed by atoms with Crippen LogP contribution in [0.15, 0.2) is 130 Å². The molecule has 2 aliphatic heterocycles. The van der Waals surface area contributed by atoms with Gasteiger partial charge in [-0.25, -0.2) is 17.3 Å². The molecule has 57 heavy (non-hydrogen) atoms. The van der Waals surface area contributed by atoms with Crippen LogP contribution < -0.4 is 14.9 Å². The molecule has 2 aliphatic rings. The van der Waals surface area contributed by atoms with Gasteiger partial charge in [0.2, 0.25) is 0 Å². The van der Waals surface area contributed by atoms with Crippen LogP contribution in [-0.4, -0.2) is 74.3 Å². The number of nitrogens with one attached hydrogen (secondary N) is 2. The fourth-order valence-electron chi connectivity index (χ4n) is 7.11. The molecule has 15 heteroatoms. The zero-order valence-corrected chi connectivity index (χ0v) is 33.4. The molecule has 0 saturated carbocycles. The summed E-state index contributed by atoms with van der Waals surface area (Å²) in [6, 6.07) is 33.1. The van der Waals surface area contributed by atoms with E-state index in [0.29, 0.717) is 42.8 Å². The molecule has 0 radical (unpaired) electrons. The van der Waals surface area contributed by atoms with E-state index >= 15 is 0 Å². The van der Waals surface area contributed by atoms with Gasteiger partial charge < -0.3 is 15.0 Å². The Balaban J connectivity index is 1.08. The third kappa shape index (κ3) is 9.71. The molecule has 2 N–H and O–H groups in total. The van der Waals surface area contributed by atoms with Crippen molar-refractivity contribution in [2.24, 2.45) is 5.92 Å². The first-order valence-corrected chi connectivity index (χ1v) is 21.7. The molecule has 1 atom stereocenters. The third-order valence-electron chi connectivity index (χ3n) is 10.3. The smallest absolute Gasteiger partial charge is 0.293 e. The van der Waals surface area contributed by atoms with Crippen molar-refractivity contribution in [1.82, 2.24) is 9.62 Å². The lowest BCUT2D eigenvalue weighted by Gasteiger charge is -2.36.